The van der Waals surface area contributed by atoms with Gasteiger partial charge in [-0.3, -0.25) is 4.79 Å². The number of hydrogen-bond donors (Lipinski definition) is 1. The first kappa shape index (κ1) is 28.4. The third-order valence-corrected chi connectivity index (χ3v) is 5.75. The summed E-state index contributed by atoms with van der Waals surface area (Å²) in [5, 5.41) is 9.97. The van der Waals surface area contributed by atoms with E-state index in [1.54, 1.807) is 0 Å². The van der Waals surface area contributed by atoms with Crippen molar-refractivity contribution >= 4 is 5.97 Å². The van der Waals surface area contributed by atoms with Crippen molar-refractivity contribution < 1.29 is 14.6 Å². The van der Waals surface area contributed by atoms with Gasteiger partial charge in [0, 0.05) is 6.42 Å². The maximum atomic E-state index is 11.7. The van der Waals surface area contributed by atoms with Gasteiger partial charge in [-0.05, 0) is 31.6 Å². The zero-order valence-corrected chi connectivity index (χ0v) is 20.1. The van der Waals surface area contributed by atoms with Crippen LogP contribution in [0.1, 0.15) is 143 Å². The van der Waals surface area contributed by atoms with Crippen LogP contribution in [0.4, 0.5) is 0 Å². The average Bonchev–Trinajstić information content (AvgIpc) is 2.69. The highest BCUT2D eigenvalue weighted by Crippen LogP contribution is 2.14. The molecule has 0 fully saturated rings. The summed E-state index contributed by atoms with van der Waals surface area (Å²) in [5.74, 6) is 0.762. The lowest BCUT2D eigenvalue weighted by atomic mass is 10.0. The highest BCUT2D eigenvalue weighted by molar-refractivity contribution is 5.69. The second-order valence-corrected chi connectivity index (χ2v) is 9.33. The van der Waals surface area contributed by atoms with Crippen molar-refractivity contribution in [1.82, 2.24) is 0 Å². The molecular formula is C26H52O3. The number of aliphatic hydroxyl groups excluding tert-OH is 1. The third kappa shape index (κ3) is 23.6. The summed E-state index contributed by atoms with van der Waals surface area (Å²) in [5.41, 5.74) is 0. The molecule has 1 N–H and O–H groups in total. The highest BCUT2D eigenvalue weighted by Gasteiger charge is 2.04. The molecule has 0 bridgehead atoms. The molecule has 174 valence electrons. The Morgan fingerprint density at radius 2 is 1.17 bits per heavy atom. The minimum Gasteiger partial charge on any atom is -0.466 e. The van der Waals surface area contributed by atoms with E-state index in [9.17, 15) is 9.90 Å². The highest BCUT2D eigenvalue weighted by atomic mass is 16.5. The Bertz CT molecular complexity index is 341. The third-order valence-electron chi connectivity index (χ3n) is 5.75. The molecule has 0 amide bonds. The number of unbranched alkanes of at least 4 members (excludes halogenated alkanes) is 12. The zero-order valence-electron chi connectivity index (χ0n) is 20.1. The van der Waals surface area contributed by atoms with Crippen molar-refractivity contribution in [1.29, 1.82) is 0 Å². The maximum Gasteiger partial charge on any atom is 0.305 e. The van der Waals surface area contributed by atoms with Gasteiger partial charge in [0.25, 0.3) is 0 Å². The fourth-order valence-corrected chi connectivity index (χ4v) is 3.75. The minimum absolute atomic E-state index is 0.0119. The quantitative estimate of drug-likeness (QED) is 0.145. The zero-order chi connectivity index (χ0) is 21.6. The molecule has 1 unspecified atom stereocenters. The summed E-state index contributed by atoms with van der Waals surface area (Å²) in [6, 6.07) is 0. The van der Waals surface area contributed by atoms with Crippen molar-refractivity contribution in [2.45, 2.75) is 149 Å². The Kier molecular flexibility index (Phi) is 21.7. The van der Waals surface area contributed by atoms with E-state index in [-0.39, 0.29) is 12.1 Å². The SMILES string of the molecule is CCCCCCC(O)CCCCCCCCCCC(=O)OCCCCCC(C)C. The molecule has 3 nitrogen and oxygen atoms in total. The van der Waals surface area contributed by atoms with Crippen molar-refractivity contribution in [2.24, 2.45) is 5.92 Å². The molecule has 0 aromatic carbocycles. The standard InChI is InChI=1S/C26H52O3/c1-4-5-6-15-20-25(27)21-16-11-9-7-8-10-12-17-22-26(28)29-23-18-13-14-19-24(2)3/h24-25,27H,4-23H2,1-3H3. The fourth-order valence-electron chi connectivity index (χ4n) is 3.75. The maximum absolute atomic E-state index is 11.7. The topological polar surface area (TPSA) is 46.5 Å². The summed E-state index contributed by atoms with van der Waals surface area (Å²) in [7, 11) is 0. The second kappa shape index (κ2) is 22.1. The van der Waals surface area contributed by atoms with E-state index >= 15 is 0 Å². The molecule has 0 aromatic rings. The van der Waals surface area contributed by atoms with Crippen LogP contribution in [0.15, 0.2) is 0 Å². The lowest BCUT2D eigenvalue weighted by Gasteiger charge is -2.10. The molecular weight excluding hydrogens is 360 g/mol. The van der Waals surface area contributed by atoms with Crippen LogP contribution in [0.5, 0.6) is 0 Å². The molecule has 29 heavy (non-hydrogen) atoms. The number of ether oxygens (including phenoxy) is 1. The van der Waals surface area contributed by atoms with Gasteiger partial charge in [0.1, 0.15) is 0 Å². The lowest BCUT2D eigenvalue weighted by molar-refractivity contribution is -0.143. The molecule has 0 spiro atoms. The van der Waals surface area contributed by atoms with Gasteiger partial charge in [0.05, 0.1) is 12.7 Å². The monoisotopic (exact) mass is 412 g/mol. The first-order valence-electron chi connectivity index (χ1n) is 12.9. The molecule has 0 radical (unpaired) electrons. The summed E-state index contributed by atoms with van der Waals surface area (Å²) >= 11 is 0. The van der Waals surface area contributed by atoms with E-state index in [1.807, 2.05) is 0 Å². The average molecular weight is 413 g/mol. The summed E-state index contributed by atoms with van der Waals surface area (Å²) in [6.45, 7) is 7.33. The van der Waals surface area contributed by atoms with E-state index in [4.69, 9.17) is 4.74 Å². The van der Waals surface area contributed by atoms with Crippen LogP contribution in [0, 0.1) is 5.92 Å². The van der Waals surface area contributed by atoms with E-state index in [2.05, 4.69) is 20.8 Å². The summed E-state index contributed by atoms with van der Waals surface area (Å²) in [6.07, 6.45) is 21.8. The molecule has 3 heteroatoms. The predicted molar refractivity (Wildman–Crippen MR) is 125 cm³/mol. The Hall–Kier alpha value is -0.570. The van der Waals surface area contributed by atoms with Crippen molar-refractivity contribution in [3.05, 3.63) is 0 Å². The van der Waals surface area contributed by atoms with Gasteiger partial charge in [-0.15, -0.1) is 0 Å². The van der Waals surface area contributed by atoms with Crippen LogP contribution in [-0.4, -0.2) is 23.8 Å². The molecule has 0 heterocycles. The normalized spacial score (nSPS) is 12.4. The number of esters is 1. The smallest absolute Gasteiger partial charge is 0.305 e. The number of rotatable bonds is 22. The van der Waals surface area contributed by atoms with Gasteiger partial charge >= 0.3 is 5.97 Å². The van der Waals surface area contributed by atoms with Crippen molar-refractivity contribution in [3.8, 4) is 0 Å². The van der Waals surface area contributed by atoms with Gasteiger partial charge in [0.2, 0.25) is 0 Å². The fraction of sp³-hybridized carbons (Fsp3) is 0.962. The first-order chi connectivity index (χ1) is 14.1. The Labute approximate surface area is 182 Å². The van der Waals surface area contributed by atoms with Gasteiger partial charge in [-0.25, -0.2) is 0 Å². The first-order valence-corrected chi connectivity index (χ1v) is 12.9. The number of carbonyl (C=O) groups is 1. The van der Waals surface area contributed by atoms with Crippen LogP contribution < -0.4 is 0 Å². The molecule has 0 saturated heterocycles. The molecule has 0 aliphatic carbocycles. The molecule has 0 aliphatic heterocycles. The van der Waals surface area contributed by atoms with Crippen LogP contribution >= 0.6 is 0 Å². The van der Waals surface area contributed by atoms with Gasteiger partial charge in [-0.2, -0.15) is 0 Å². The lowest BCUT2D eigenvalue weighted by Crippen LogP contribution is -2.06. The molecule has 0 aromatic heterocycles. The minimum atomic E-state index is -0.0772. The number of aliphatic hydroxyl groups is 1. The van der Waals surface area contributed by atoms with Gasteiger partial charge in [-0.1, -0.05) is 111 Å². The number of carbonyl (C=O) groups excluding carboxylic acids is 1. The van der Waals surface area contributed by atoms with Gasteiger partial charge < -0.3 is 9.84 Å². The largest absolute Gasteiger partial charge is 0.466 e. The number of hydrogen-bond acceptors (Lipinski definition) is 3. The molecule has 0 aliphatic rings. The van der Waals surface area contributed by atoms with E-state index < -0.39 is 0 Å². The Balaban J connectivity index is 3.23. The molecule has 0 saturated carbocycles. The van der Waals surface area contributed by atoms with E-state index in [0.29, 0.717) is 13.0 Å². The predicted octanol–water partition coefficient (Wildman–Crippen LogP) is 7.98. The van der Waals surface area contributed by atoms with Crippen LogP contribution in [0.3, 0.4) is 0 Å². The van der Waals surface area contributed by atoms with Gasteiger partial charge in [0.15, 0.2) is 0 Å². The van der Waals surface area contributed by atoms with Crippen molar-refractivity contribution in [3.63, 3.8) is 0 Å². The molecule has 1 atom stereocenters. The Morgan fingerprint density at radius 3 is 1.76 bits per heavy atom. The Morgan fingerprint density at radius 1 is 0.690 bits per heavy atom. The van der Waals surface area contributed by atoms with Crippen LogP contribution in [-0.2, 0) is 9.53 Å². The van der Waals surface area contributed by atoms with E-state index in [1.165, 1.54) is 77.0 Å². The van der Waals surface area contributed by atoms with Crippen molar-refractivity contribution in [2.75, 3.05) is 6.61 Å². The second-order valence-electron chi connectivity index (χ2n) is 9.33. The summed E-state index contributed by atoms with van der Waals surface area (Å²) in [4.78, 5) is 11.7. The molecule has 0 rings (SSSR count). The summed E-state index contributed by atoms with van der Waals surface area (Å²) < 4.78 is 5.32. The van der Waals surface area contributed by atoms with Crippen LogP contribution in [0.25, 0.3) is 0 Å². The van der Waals surface area contributed by atoms with Crippen LogP contribution in [0.2, 0.25) is 0 Å². The van der Waals surface area contributed by atoms with E-state index in [0.717, 1.165) is 44.4 Å².